The number of carboxylic acid groups (broad SMARTS) is 4. The molecule has 1 atom stereocenters. The maximum atomic E-state index is 12.4. The molecule has 0 fully saturated rings. The van der Waals surface area contributed by atoms with E-state index in [2.05, 4.69) is 10.6 Å². The van der Waals surface area contributed by atoms with E-state index in [0.29, 0.717) is 47.2 Å². The summed E-state index contributed by atoms with van der Waals surface area (Å²) in [4.78, 5) is 59.2. The monoisotopic (exact) mass is 651 g/mol. The number of benzene rings is 3. The number of hydrogen-bond donors (Lipinski definition) is 7. The first-order valence-corrected chi connectivity index (χ1v) is 14.3. The molecule has 0 saturated carbocycles. The minimum Gasteiger partial charge on any atom is -0.508 e. The Morgan fingerprint density at radius 2 is 1.57 bits per heavy atom. The lowest BCUT2D eigenvalue weighted by molar-refractivity contribution is -0.149. The van der Waals surface area contributed by atoms with Crippen molar-refractivity contribution < 1.29 is 49.1 Å². The number of aliphatic carboxylic acids is 3. The average molecular weight is 652 g/mol. The number of aromatic hydroxyl groups is 1. The molecule has 0 spiro atoms. The van der Waals surface area contributed by atoms with Crippen LogP contribution in [-0.4, -0.2) is 85.1 Å². The fourth-order valence-electron chi connectivity index (χ4n) is 5.09. The summed E-state index contributed by atoms with van der Waals surface area (Å²) in [7, 11) is 0. The van der Waals surface area contributed by atoms with Crippen molar-refractivity contribution in [3.63, 3.8) is 0 Å². The van der Waals surface area contributed by atoms with E-state index in [9.17, 15) is 39.3 Å². The van der Waals surface area contributed by atoms with E-state index in [0.717, 1.165) is 4.90 Å². The summed E-state index contributed by atoms with van der Waals surface area (Å²) in [6.45, 7) is -1.17. The number of carboxylic acids is 4. The van der Waals surface area contributed by atoms with Crippen molar-refractivity contribution in [2.75, 3.05) is 25.0 Å². The molecule has 2 aliphatic rings. The molecule has 2 aromatic carbocycles. The molecule has 1 aliphatic heterocycles. The topological polar surface area (TPSA) is 227 Å². The number of unbranched alkanes of at least 4 members (excludes halogenated alkanes) is 1. The number of hydrogen-bond acceptors (Lipinski definition) is 9. The van der Waals surface area contributed by atoms with Gasteiger partial charge < -0.3 is 40.6 Å². The number of carbonyl (C=O) groups is 4. The molecule has 0 aromatic heterocycles. The van der Waals surface area contributed by atoms with Gasteiger partial charge in [0.25, 0.3) is 0 Å². The fraction of sp³-hybridized carbons (Fsp3) is 0.226. The molecule has 0 amide bonds. The second kappa shape index (κ2) is 14.5. The van der Waals surface area contributed by atoms with Crippen molar-refractivity contribution in [2.45, 2.75) is 25.3 Å². The first-order valence-electron chi connectivity index (χ1n) is 13.9. The number of nitrogens with one attached hydrogen (secondary N) is 2. The van der Waals surface area contributed by atoms with Gasteiger partial charge in [-0.25, -0.2) is 4.79 Å². The maximum Gasteiger partial charge on any atom is 0.336 e. The normalized spacial score (nSPS) is 11.8. The third-order valence-electron chi connectivity index (χ3n) is 7.05. The molecule has 240 valence electrons. The number of nitrogens with zero attached hydrogens (tertiary/aromatic N) is 1. The number of fused-ring (bicyclic) bond motifs is 2. The number of rotatable bonds is 14. The largest absolute Gasteiger partial charge is 0.508 e. The lowest BCUT2D eigenvalue weighted by atomic mass is 9.90. The third kappa shape index (κ3) is 8.13. The van der Waals surface area contributed by atoms with Crippen LogP contribution in [0.2, 0.25) is 0 Å². The highest BCUT2D eigenvalue weighted by Crippen LogP contribution is 2.42. The number of phenols is 1. The molecule has 0 saturated heterocycles. The summed E-state index contributed by atoms with van der Waals surface area (Å²) in [5, 5.41) is 54.2. The van der Waals surface area contributed by atoms with Gasteiger partial charge in [0.05, 0.1) is 18.7 Å². The van der Waals surface area contributed by atoms with E-state index in [1.165, 1.54) is 30.3 Å². The molecule has 7 N–H and O–H groups in total. The Morgan fingerprint density at radius 1 is 0.870 bits per heavy atom. The first kappa shape index (κ1) is 33.4. The van der Waals surface area contributed by atoms with Crippen molar-refractivity contribution in [1.29, 1.82) is 0 Å². The van der Waals surface area contributed by atoms with Crippen LogP contribution < -0.4 is 16.1 Å². The molecular formula is C31H29N3O11S. The first-order chi connectivity index (χ1) is 21.8. The lowest BCUT2D eigenvalue weighted by Crippen LogP contribution is -2.46. The Bertz CT molecular complexity index is 1840. The van der Waals surface area contributed by atoms with E-state index in [4.69, 9.17) is 26.8 Å². The van der Waals surface area contributed by atoms with Crippen LogP contribution >= 0.6 is 12.2 Å². The van der Waals surface area contributed by atoms with E-state index < -0.39 is 43.0 Å². The van der Waals surface area contributed by atoms with Crippen LogP contribution in [0.4, 0.5) is 5.69 Å². The minimum atomic E-state index is -1.34. The summed E-state index contributed by atoms with van der Waals surface area (Å²) < 4.78 is 5.84. The third-order valence-corrected chi connectivity index (χ3v) is 7.29. The van der Waals surface area contributed by atoms with E-state index >= 15 is 0 Å². The number of anilines is 1. The van der Waals surface area contributed by atoms with Gasteiger partial charge in [0.1, 0.15) is 23.1 Å². The van der Waals surface area contributed by atoms with Crippen LogP contribution in [0.3, 0.4) is 0 Å². The average Bonchev–Trinajstić information content (AvgIpc) is 2.96. The Kier molecular flexibility index (Phi) is 10.5. The molecule has 1 unspecified atom stereocenters. The summed E-state index contributed by atoms with van der Waals surface area (Å²) in [6, 6.07) is 11.9. The van der Waals surface area contributed by atoms with Gasteiger partial charge in [0.2, 0.25) is 0 Å². The van der Waals surface area contributed by atoms with Gasteiger partial charge >= 0.3 is 23.9 Å². The summed E-state index contributed by atoms with van der Waals surface area (Å²) in [5.74, 6) is -5.10. The van der Waals surface area contributed by atoms with Crippen LogP contribution in [0.5, 0.6) is 5.75 Å². The zero-order valence-corrected chi connectivity index (χ0v) is 24.9. The van der Waals surface area contributed by atoms with Gasteiger partial charge in [-0.1, -0.05) is 6.07 Å². The summed E-state index contributed by atoms with van der Waals surface area (Å²) in [6.07, 6.45) is 0.739. The summed E-state index contributed by atoms with van der Waals surface area (Å²) in [5.41, 5.74) is 1.55. The molecule has 0 radical (unpaired) electrons. The van der Waals surface area contributed by atoms with Gasteiger partial charge in [-0.2, -0.15) is 0 Å². The lowest BCUT2D eigenvalue weighted by Gasteiger charge is -2.25. The van der Waals surface area contributed by atoms with Crippen LogP contribution in [0.15, 0.2) is 63.8 Å². The van der Waals surface area contributed by atoms with E-state index in [-0.39, 0.29) is 39.6 Å². The smallest absolute Gasteiger partial charge is 0.336 e. The molecular weight excluding hydrogens is 622 g/mol. The quantitative estimate of drug-likeness (QED) is 0.0589. The number of phenolic OH excluding ortho intramolecular Hbond substituents is 1. The van der Waals surface area contributed by atoms with Crippen molar-refractivity contribution >= 4 is 57.9 Å². The Hall–Kier alpha value is -5.54. The Morgan fingerprint density at radius 3 is 2.22 bits per heavy atom. The van der Waals surface area contributed by atoms with Gasteiger partial charge in [-0.15, -0.1) is 0 Å². The second-order valence-electron chi connectivity index (χ2n) is 10.3. The highest BCUT2D eigenvalue weighted by Gasteiger charge is 2.28. The molecule has 15 heteroatoms. The Balaban J connectivity index is 1.47. The van der Waals surface area contributed by atoms with Gasteiger partial charge in [-0.3, -0.25) is 24.1 Å². The number of thiocarbonyl (C=S) groups is 1. The van der Waals surface area contributed by atoms with Crippen molar-refractivity contribution in [1.82, 2.24) is 10.2 Å². The molecule has 46 heavy (non-hydrogen) atoms. The highest BCUT2D eigenvalue weighted by atomic mass is 32.1. The molecule has 1 aliphatic carbocycles. The van der Waals surface area contributed by atoms with Crippen molar-refractivity contribution in [3.8, 4) is 28.2 Å². The Labute approximate surface area is 265 Å². The molecule has 2 aromatic rings. The number of aromatic carboxylic acids is 1. The van der Waals surface area contributed by atoms with Gasteiger partial charge in [0, 0.05) is 40.9 Å². The van der Waals surface area contributed by atoms with Crippen LogP contribution in [0, 0.1) is 0 Å². The van der Waals surface area contributed by atoms with Crippen molar-refractivity contribution in [2.24, 2.45) is 0 Å². The zero-order valence-electron chi connectivity index (χ0n) is 24.1. The summed E-state index contributed by atoms with van der Waals surface area (Å²) >= 11 is 5.33. The van der Waals surface area contributed by atoms with E-state index in [1.54, 1.807) is 24.3 Å². The van der Waals surface area contributed by atoms with Crippen LogP contribution in [-0.2, 0) is 14.4 Å². The fourth-order valence-corrected chi connectivity index (χ4v) is 5.31. The van der Waals surface area contributed by atoms with Gasteiger partial charge in [-0.05, 0) is 73.4 Å². The predicted octanol–water partition coefficient (Wildman–Crippen LogP) is 3.35. The van der Waals surface area contributed by atoms with Crippen molar-refractivity contribution in [3.05, 3.63) is 70.4 Å². The predicted molar refractivity (Wildman–Crippen MR) is 170 cm³/mol. The molecule has 1 heterocycles. The van der Waals surface area contributed by atoms with Crippen LogP contribution in [0.1, 0.15) is 29.6 Å². The highest BCUT2D eigenvalue weighted by molar-refractivity contribution is 7.80. The molecule has 4 rings (SSSR count). The van der Waals surface area contributed by atoms with Crippen LogP contribution in [0.25, 0.3) is 33.4 Å². The maximum absolute atomic E-state index is 12.4. The molecule has 14 nitrogen and oxygen atoms in total. The zero-order chi connectivity index (χ0) is 33.5. The standard InChI is InChI=1S/C31H29N3O11S/c35-17-5-8-20-24(12-17)45-25-13-18(36)6-9-21(25)28(20)19-7-4-16(11-22(19)29(41)42)33-31(46)32-10-2-1-3-23(30(43)44)34(14-26(37)38)15-27(39)40/h4-9,11-13,23,35H,1-3,10,14-15H2,(H,37,38)(H,39,40)(H,41,42)(H,43,44)(H2,32,33,46). The second-order valence-corrected chi connectivity index (χ2v) is 10.7. The molecule has 0 bridgehead atoms. The SMILES string of the molecule is O=C(O)CN(CC(=O)O)C(CCCCNC(=S)Nc1ccc(-c2c3ccc(=O)cc-3oc3cc(O)ccc23)c(C(=O)O)c1)C(=O)O. The van der Waals surface area contributed by atoms with Gasteiger partial charge in [0.15, 0.2) is 10.5 Å². The van der Waals surface area contributed by atoms with E-state index in [1.807, 2.05) is 0 Å². The minimum absolute atomic E-state index is 0.00702.